The van der Waals surface area contributed by atoms with Gasteiger partial charge in [-0.15, -0.1) is 0 Å². The van der Waals surface area contributed by atoms with E-state index in [0.29, 0.717) is 43.5 Å². The number of amides is 1. The lowest BCUT2D eigenvalue weighted by molar-refractivity contribution is -0.901. The first-order valence-corrected chi connectivity index (χ1v) is 19.6. The van der Waals surface area contributed by atoms with Gasteiger partial charge in [0.25, 0.3) is 0 Å². The second-order valence-electron chi connectivity index (χ2n) is 19.8. The molecule has 1 aromatic carbocycles. The smallest absolute Gasteiger partial charge is 0.486 e. The van der Waals surface area contributed by atoms with Gasteiger partial charge >= 0.3 is 19.2 Å². The van der Waals surface area contributed by atoms with Crippen molar-refractivity contribution in [2.75, 3.05) is 46.9 Å². The maximum Gasteiger partial charge on any atom is 0.514 e. The monoisotopic (exact) mass is 739 g/mol. The van der Waals surface area contributed by atoms with Crippen molar-refractivity contribution in [3.05, 3.63) is 23.3 Å². The minimum Gasteiger partial charge on any atom is -0.486 e. The van der Waals surface area contributed by atoms with E-state index < -0.39 is 30.4 Å². The molecular weight excluding hydrogens is 679 g/mol. The number of quaternary nitrogens is 1. The molecule has 292 valence electrons. The molecule has 3 saturated heterocycles. The van der Waals surface area contributed by atoms with Gasteiger partial charge in [0, 0.05) is 5.82 Å². The predicted molar refractivity (Wildman–Crippen MR) is 197 cm³/mol. The first kappa shape index (κ1) is 38.4. The van der Waals surface area contributed by atoms with Gasteiger partial charge in [0.15, 0.2) is 5.75 Å². The summed E-state index contributed by atoms with van der Waals surface area (Å²) in [5.74, 6) is 0.611. The van der Waals surface area contributed by atoms with Gasteiger partial charge in [-0.25, -0.2) is 9.59 Å². The molecule has 7 aliphatic rings. The van der Waals surface area contributed by atoms with Crippen LogP contribution < -0.4 is 9.47 Å². The quantitative estimate of drug-likeness (QED) is 0.136. The number of hydrogen-bond donors (Lipinski definition) is 0. The molecule has 2 bridgehead atoms. The molecule has 2 unspecified atom stereocenters. The van der Waals surface area contributed by atoms with E-state index in [2.05, 4.69) is 34.9 Å². The molecule has 3 heterocycles. The third kappa shape index (κ3) is 7.69. The largest absolute Gasteiger partial charge is 0.514 e. The van der Waals surface area contributed by atoms with E-state index in [1.165, 1.54) is 6.42 Å². The standard InChI is InChI=1S/C40H60BN2O10/c1-37(2,3)50-35(45)33-29(48-25-20-42(21-25)32(44)18-24-22-43(10,11)14-15-47-24)13-12-26(34(33)49-36(46)51-38(4,5)6)27-19-28(27)41-52-31-17-23-16-30(39(23,7)8)40(31,9)53-41/h12-13,23-25,27-28,30-31H,14-22H2,1-11H3/q+1/t23-,24+,27?,28?,30-,31+,40-/m0/s1. The molecule has 0 radical (unpaired) electrons. The van der Waals surface area contributed by atoms with Crippen molar-refractivity contribution in [3.63, 3.8) is 0 Å². The summed E-state index contributed by atoms with van der Waals surface area (Å²) in [5, 5.41) is 0. The van der Waals surface area contributed by atoms with Crippen molar-refractivity contribution in [2.24, 2.45) is 17.3 Å². The third-order valence-corrected chi connectivity index (χ3v) is 12.5. The van der Waals surface area contributed by atoms with Crippen molar-refractivity contribution in [2.45, 2.75) is 135 Å². The Kier molecular flexibility index (Phi) is 9.51. The Morgan fingerprint density at radius 3 is 2.32 bits per heavy atom. The average Bonchev–Trinajstić information content (AvgIpc) is 3.69. The van der Waals surface area contributed by atoms with Gasteiger partial charge in [0.2, 0.25) is 5.91 Å². The number of likely N-dealkylation sites (tertiary alicyclic amines) is 1. The van der Waals surface area contributed by atoms with E-state index in [4.69, 9.17) is 33.0 Å². The van der Waals surface area contributed by atoms with Gasteiger partial charge in [-0.3, -0.25) is 4.79 Å². The van der Waals surface area contributed by atoms with Crippen LogP contribution in [0.2, 0.25) is 5.82 Å². The first-order chi connectivity index (χ1) is 24.5. The van der Waals surface area contributed by atoms with E-state index in [9.17, 15) is 14.4 Å². The van der Waals surface area contributed by atoms with Crippen LogP contribution in [0.4, 0.5) is 4.79 Å². The van der Waals surface area contributed by atoms with Crippen LogP contribution in [-0.2, 0) is 28.3 Å². The number of esters is 1. The summed E-state index contributed by atoms with van der Waals surface area (Å²) in [4.78, 5) is 42.3. The third-order valence-electron chi connectivity index (χ3n) is 12.5. The molecule has 7 atom stereocenters. The molecule has 0 aromatic heterocycles. The van der Waals surface area contributed by atoms with Crippen LogP contribution in [0.15, 0.2) is 12.1 Å². The zero-order valence-corrected chi connectivity index (χ0v) is 33.6. The molecule has 7 fully saturated rings. The molecule has 13 heteroatoms. The topological polar surface area (TPSA) is 119 Å². The lowest BCUT2D eigenvalue weighted by atomic mass is 9.43. The number of hydrogen-bond acceptors (Lipinski definition) is 10. The average molecular weight is 740 g/mol. The highest BCUT2D eigenvalue weighted by Gasteiger charge is 2.70. The Bertz CT molecular complexity index is 1630. The zero-order chi connectivity index (χ0) is 38.5. The molecule has 53 heavy (non-hydrogen) atoms. The Balaban J connectivity index is 1.12. The maximum absolute atomic E-state index is 14.1. The molecule has 12 nitrogen and oxygen atoms in total. The maximum atomic E-state index is 14.1. The summed E-state index contributed by atoms with van der Waals surface area (Å²) >= 11 is 0. The van der Waals surface area contributed by atoms with Crippen LogP contribution >= 0.6 is 0 Å². The minimum absolute atomic E-state index is 0.0130. The normalized spacial score (nSPS) is 32.9. The summed E-state index contributed by atoms with van der Waals surface area (Å²) in [6, 6.07) is 3.61. The van der Waals surface area contributed by atoms with Gasteiger partial charge in [-0.2, -0.15) is 0 Å². The van der Waals surface area contributed by atoms with E-state index in [1.54, 1.807) is 52.5 Å². The number of ether oxygens (including phenoxy) is 5. The van der Waals surface area contributed by atoms with E-state index >= 15 is 0 Å². The summed E-state index contributed by atoms with van der Waals surface area (Å²) in [5.41, 5.74) is -1.09. The molecule has 4 aliphatic carbocycles. The Morgan fingerprint density at radius 1 is 0.981 bits per heavy atom. The zero-order valence-electron chi connectivity index (χ0n) is 33.6. The predicted octanol–water partition coefficient (Wildman–Crippen LogP) is 6.00. The summed E-state index contributed by atoms with van der Waals surface area (Å²) in [7, 11) is 3.90. The summed E-state index contributed by atoms with van der Waals surface area (Å²) < 4.78 is 44.1. The first-order valence-electron chi connectivity index (χ1n) is 19.6. The van der Waals surface area contributed by atoms with Gasteiger partial charge in [0.05, 0.1) is 51.9 Å². The van der Waals surface area contributed by atoms with Crippen molar-refractivity contribution in [1.82, 2.24) is 4.90 Å². The highest BCUT2D eigenvalue weighted by Crippen LogP contribution is 2.68. The second-order valence-corrected chi connectivity index (χ2v) is 19.8. The summed E-state index contributed by atoms with van der Waals surface area (Å²) in [6.07, 6.45) is 1.84. The van der Waals surface area contributed by atoms with E-state index in [-0.39, 0.29) is 64.0 Å². The van der Waals surface area contributed by atoms with Gasteiger partial charge in [-0.1, -0.05) is 19.9 Å². The molecule has 0 spiro atoms. The molecule has 3 aliphatic heterocycles. The molecular formula is C40H60BN2O10+. The summed E-state index contributed by atoms with van der Waals surface area (Å²) in [6.45, 7) is 20.6. The Labute approximate surface area is 315 Å². The number of rotatable bonds is 8. The van der Waals surface area contributed by atoms with Crippen molar-refractivity contribution in [3.8, 4) is 11.5 Å². The second kappa shape index (κ2) is 13.1. The number of nitrogens with zero attached hydrogens (tertiary/aromatic N) is 2. The molecule has 0 N–H and O–H groups in total. The van der Waals surface area contributed by atoms with Crippen LogP contribution in [0.3, 0.4) is 0 Å². The Morgan fingerprint density at radius 2 is 1.68 bits per heavy atom. The molecule has 4 saturated carbocycles. The lowest BCUT2D eigenvalue weighted by Crippen LogP contribution is -2.65. The number of benzene rings is 1. The van der Waals surface area contributed by atoms with Crippen molar-refractivity contribution >= 4 is 25.2 Å². The SMILES string of the molecule is CC(C)(C)OC(=O)Oc1c(C2CC2B2O[C@@H]3C[C@@H]4C[C@@H](C4(C)C)[C@]3(C)O2)ccc(OC2CN(C(=O)C[C@@H]3C[N+](C)(C)CCO3)C2)c1C(=O)OC(C)(C)C. The Hall–Kier alpha value is -2.87. The lowest BCUT2D eigenvalue weighted by Gasteiger charge is -2.64. The number of carbonyl (C=O) groups excluding carboxylic acids is 3. The van der Waals surface area contributed by atoms with Gasteiger partial charge in [-0.05, 0) is 103 Å². The van der Waals surface area contributed by atoms with Crippen LogP contribution in [0, 0.1) is 17.3 Å². The van der Waals surface area contributed by atoms with Crippen molar-refractivity contribution in [1.29, 1.82) is 0 Å². The number of carbonyl (C=O) groups is 3. The molecule has 1 amide bonds. The van der Waals surface area contributed by atoms with Gasteiger partial charge in [0.1, 0.15) is 47.8 Å². The fourth-order valence-electron chi connectivity index (χ4n) is 9.42. The highest BCUT2D eigenvalue weighted by atomic mass is 16.7. The highest BCUT2D eigenvalue weighted by molar-refractivity contribution is 6.49. The van der Waals surface area contributed by atoms with Crippen LogP contribution in [-0.4, -0.2) is 117 Å². The van der Waals surface area contributed by atoms with Crippen LogP contribution in [0.25, 0.3) is 0 Å². The number of likely N-dealkylation sites (N-methyl/N-ethyl adjacent to an activating group) is 1. The fourth-order valence-corrected chi connectivity index (χ4v) is 9.42. The fraction of sp³-hybridized carbons (Fsp3) is 0.775. The number of morpholine rings is 1. The van der Waals surface area contributed by atoms with Gasteiger partial charge < -0.3 is 42.4 Å². The minimum atomic E-state index is -0.932. The molecule has 1 aromatic rings. The van der Waals surface area contributed by atoms with Crippen LogP contribution in [0.1, 0.15) is 110 Å². The molecule has 8 rings (SSSR count). The van der Waals surface area contributed by atoms with Crippen molar-refractivity contribution < 1.29 is 51.9 Å². The van der Waals surface area contributed by atoms with Crippen LogP contribution in [0.5, 0.6) is 11.5 Å². The van der Waals surface area contributed by atoms with E-state index in [1.807, 2.05) is 6.07 Å². The van der Waals surface area contributed by atoms with E-state index in [0.717, 1.165) is 30.4 Å².